The molecular weight excluding hydrogens is 264 g/mol. The van der Waals surface area contributed by atoms with E-state index < -0.39 is 0 Å². The molecule has 2 N–H and O–H groups in total. The molecule has 3 heterocycles. The molecule has 0 radical (unpaired) electrons. The van der Waals surface area contributed by atoms with Gasteiger partial charge in [0.2, 0.25) is 0 Å². The van der Waals surface area contributed by atoms with Crippen molar-refractivity contribution in [3.05, 3.63) is 36.5 Å². The SMILES string of the molecule is Cn1ccnc1CCN1CCN(c2ccc(N)nc2)CC1. The van der Waals surface area contributed by atoms with Crippen molar-refractivity contribution in [2.24, 2.45) is 7.05 Å². The van der Waals surface area contributed by atoms with E-state index in [1.54, 1.807) is 0 Å². The lowest BCUT2D eigenvalue weighted by Gasteiger charge is -2.35. The van der Waals surface area contributed by atoms with E-state index in [4.69, 9.17) is 5.73 Å². The lowest BCUT2D eigenvalue weighted by atomic mass is 10.2. The van der Waals surface area contributed by atoms with Crippen LogP contribution in [0.1, 0.15) is 5.82 Å². The van der Waals surface area contributed by atoms with Crippen molar-refractivity contribution < 1.29 is 0 Å². The Bertz CT molecular complexity index is 568. The number of pyridine rings is 1. The van der Waals surface area contributed by atoms with Gasteiger partial charge in [0.15, 0.2) is 0 Å². The molecule has 0 atom stereocenters. The zero-order valence-electron chi connectivity index (χ0n) is 12.4. The molecular formula is C15H22N6. The predicted octanol–water partition coefficient (Wildman–Crippen LogP) is 0.762. The largest absolute Gasteiger partial charge is 0.384 e. The summed E-state index contributed by atoms with van der Waals surface area (Å²) >= 11 is 0. The molecule has 0 bridgehead atoms. The van der Waals surface area contributed by atoms with E-state index in [0.29, 0.717) is 5.82 Å². The highest BCUT2D eigenvalue weighted by molar-refractivity contribution is 5.48. The summed E-state index contributed by atoms with van der Waals surface area (Å²) in [5.41, 5.74) is 6.79. The number of nitrogen functional groups attached to an aromatic ring is 1. The zero-order chi connectivity index (χ0) is 14.7. The Balaban J connectivity index is 1.49. The van der Waals surface area contributed by atoms with Crippen LogP contribution in [0.2, 0.25) is 0 Å². The van der Waals surface area contributed by atoms with Gasteiger partial charge in [-0.25, -0.2) is 9.97 Å². The highest BCUT2D eigenvalue weighted by atomic mass is 15.3. The van der Waals surface area contributed by atoms with E-state index in [9.17, 15) is 0 Å². The molecule has 0 aliphatic carbocycles. The number of nitrogens with zero attached hydrogens (tertiary/aromatic N) is 5. The Kier molecular flexibility index (Phi) is 4.06. The average Bonchev–Trinajstić information content (AvgIpc) is 2.92. The number of piperazine rings is 1. The van der Waals surface area contributed by atoms with Crippen molar-refractivity contribution in [2.75, 3.05) is 43.4 Å². The number of hydrogen-bond acceptors (Lipinski definition) is 5. The van der Waals surface area contributed by atoms with E-state index in [-0.39, 0.29) is 0 Å². The second-order valence-corrected chi connectivity index (χ2v) is 5.47. The topological polar surface area (TPSA) is 63.2 Å². The first kappa shape index (κ1) is 13.9. The molecule has 1 aliphatic rings. The number of hydrogen-bond donors (Lipinski definition) is 1. The van der Waals surface area contributed by atoms with E-state index >= 15 is 0 Å². The molecule has 1 aliphatic heterocycles. The third-order valence-electron chi connectivity index (χ3n) is 4.08. The minimum Gasteiger partial charge on any atom is -0.384 e. The van der Waals surface area contributed by atoms with Gasteiger partial charge in [0.05, 0.1) is 11.9 Å². The summed E-state index contributed by atoms with van der Waals surface area (Å²) in [6.45, 7) is 5.29. The van der Waals surface area contributed by atoms with Crippen LogP contribution >= 0.6 is 0 Å². The van der Waals surface area contributed by atoms with Crippen LogP contribution in [0.3, 0.4) is 0 Å². The van der Waals surface area contributed by atoms with Crippen LogP contribution in [0.25, 0.3) is 0 Å². The summed E-state index contributed by atoms with van der Waals surface area (Å²) < 4.78 is 2.09. The van der Waals surface area contributed by atoms with Crippen LogP contribution in [0.4, 0.5) is 11.5 Å². The number of nitrogens with two attached hydrogens (primary N) is 1. The van der Waals surface area contributed by atoms with Gasteiger partial charge in [-0.1, -0.05) is 0 Å². The van der Waals surface area contributed by atoms with E-state index in [2.05, 4.69) is 24.3 Å². The first-order chi connectivity index (χ1) is 10.2. The summed E-state index contributed by atoms with van der Waals surface area (Å²) in [7, 11) is 2.05. The third-order valence-corrected chi connectivity index (χ3v) is 4.08. The quantitative estimate of drug-likeness (QED) is 0.899. The van der Waals surface area contributed by atoms with Gasteiger partial charge in [-0.2, -0.15) is 0 Å². The number of rotatable bonds is 4. The van der Waals surface area contributed by atoms with Crippen molar-refractivity contribution in [3.8, 4) is 0 Å². The highest BCUT2D eigenvalue weighted by Crippen LogP contribution is 2.16. The van der Waals surface area contributed by atoms with Crippen molar-refractivity contribution in [3.63, 3.8) is 0 Å². The maximum absolute atomic E-state index is 5.63. The van der Waals surface area contributed by atoms with Crippen molar-refractivity contribution >= 4 is 11.5 Å². The highest BCUT2D eigenvalue weighted by Gasteiger charge is 2.17. The fraction of sp³-hybridized carbons (Fsp3) is 0.467. The summed E-state index contributed by atoms with van der Waals surface area (Å²) in [5.74, 6) is 1.73. The standard InChI is InChI=1S/C15H22N6/c1-19-7-5-17-15(19)4-6-20-8-10-21(11-9-20)13-2-3-14(16)18-12-13/h2-3,5,7,12H,4,6,8-11H2,1H3,(H2,16,18). The van der Waals surface area contributed by atoms with Gasteiger partial charge in [-0.15, -0.1) is 0 Å². The molecule has 0 amide bonds. The van der Waals surface area contributed by atoms with Gasteiger partial charge in [-0.05, 0) is 12.1 Å². The molecule has 2 aromatic heterocycles. The number of aryl methyl sites for hydroxylation is 1. The van der Waals surface area contributed by atoms with E-state index in [1.165, 1.54) is 0 Å². The van der Waals surface area contributed by atoms with Crippen LogP contribution in [0.5, 0.6) is 0 Å². The fourth-order valence-corrected chi connectivity index (χ4v) is 2.71. The molecule has 0 unspecified atom stereocenters. The first-order valence-electron chi connectivity index (χ1n) is 7.37. The minimum absolute atomic E-state index is 0.576. The van der Waals surface area contributed by atoms with Gasteiger partial charge in [0.1, 0.15) is 11.6 Å². The van der Waals surface area contributed by atoms with Crippen LogP contribution < -0.4 is 10.6 Å². The summed E-state index contributed by atoms with van der Waals surface area (Å²) in [6, 6.07) is 3.91. The van der Waals surface area contributed by atoms with Crippen LogP contribution in [0.15, 0.2) is 30.7 Å². The molecule has 21 heavy (non-hydrogen) atoms. The van der Waals surface area contributed by atoms with Gasteiger partial charge in [0, 0.05) is 58.6 Å². The molecule has 0 aromatic carbocycles. The predicted molar refractivity (Wildman–Crippen MR) is 84.2 cm³/mol. The fourth-order valence-electron chi connectivity index (χ4n) is 2.71. The monoisotopic (exact) mass is 286 g/mol. The summed E-state index contributed by atoms with van der Waals surface area (Å²) in [6.07, 6.45) is 6.73. The molecule has 1 fully saturated rings. The Morgan fingerprint density at radius 2 is 1.95 bits per heavy atom. The third kappa shape index (κ3) is 3.33. The maximum atomic E-state index is 5.63. The molecule has 2 aromatic rings. The Hall–Kier alpha value is -2.08. The molecule has 0 spiro atoms. The molecule has 3 rings (SSSR count). The van der Waals surface area contributed by atoms with E-state index in [1.807, 2.05) is 37.8 Å². The van der Waals surface area contributed by atoms with Crippen LogP contribution in [-0.4, -0.2) is 52.2 Å². The lowest BCUT2D eigenvalue weighted by Crippen LogP contribution is -2.47. The number of imidazole rings is 1. The van der Waals surface area contributed by atoms with Crippen molar-refractivity contribution in [1.29, 1.82) is 0 Å². The van der Waals surface area contributed by atoms with Crippen LogP contribution in [0, 0.1) is 0 Å². The van der Waals surface area contributed by atoms with Gasteiger partial charge >= 0.3 is 0 Å². The maximum Gasteiger partial charge on any atom is 0.123 e. The minimum atomic E-state index is 0.576. The summed E-state index contributed by atoms with van der Waals surface area (Å²) in [5, 5.41) is 0. The Morgan fingerprint density at radius 3 is 2.57 bits per heavy atom. The number of anilines is 2. The molecule has 6 heteroatoms. The van der Waals surface area contributed by atoms with Crippen LogP contribution in [-0.2, 0) is 13.5 Å². The Labute approximate surface area is 125 Å². The Morgan fingerprint density at radius 1 is 1.14 bits per heavy atom. The lowest BCUT2D eigenvalue weighted by molar-refractivity contribution is 0.259. The molecule has 1 saturated heterocycles. The van der Waals surface area contributed by atoms with Gasteiger partial charge < -0.3 is 15.2 Å². The average molecular weight is 286 g/mol. The first-order valence-corrected chi connectivity index (χ1v) is 7.37. The zero-order valence-corrected chi connectivity index (χ0v) is 12.4. The normalized spacial score (nSPS) is 16.3. The second-order valence-electron chi connectivity index (χ2n) is 5.47. The second kappa shape index (κ2) is 6.13. The smallest absolute Gasteiger partial charge is 0.123 e. The molecule has 6 nitrogen and oxygen atoms in total. The molecule has 112 valence electrons. The van der Waals surface area contributed by atoms with Gasteiger partial charge in [0.25, 0.3) is 0 Å². The summed E-state index contributed by atoms with van der Waals surface area (Å²) in [4.78, 5) is 13.4. The molecule has 0 saturated carbocycles. The van der Waals surface area contributed by atoms with Gasteiger partial charge in [-0.3, -0.25) is 4.90 Å². The van der Waals surface area contributed by atoms with Crippen molar-refractivity contribution in [2.45, 2.75) is 6.42 Å². The van der Waals surface area contributed by atoms with E-state index in [0.717, 1.165) is 50.7 Å². The number of aromatic nitrogens is 3. The van der Waals surface area contributed by atoms with Crippen molar-refractivity contribution in [1.82, 2.24) is 19.4 Å².